The maximum Gasteiger partial charge on any atom is 0.245 e. The summed E-state index contributed by atoms with van der Waals surface area (Å²) in [5.74, 6) is -2.18. The number of carbonyl (C=O) groups is 3. The fourth-order valence-electron chi connectivity index (χ4n) is 7.28. The third kappa shape index (κ3) is 5.08. The van der Waals surface area contributed by atoms with Crippen LogP contribution in [-0.2, 0) is 23.9 Å². The molecule has 2 unspecified atom stereocenters. The molecule has 3 N–H and O–H groups in total. The highest BCUT2D eigenvalue weighted by Crippen LogP contribution is 2.63. The van der Waals surface area contributed by atoms with Gasteiger partial charge < -0.3 is 30.1 Å². The molecule has 1 aromatic carbocycles. The minimum atomic E-state index is -1.11. The van der Waals surface area contributed by atoms with Crippen molar-refractivity contribution in [3.05, 3.63) is 30.3 Å². The lowest BCUT2D eigenvalue weighted by atomic mass is 9.66. The number of fused-ring (bicyclic) bond motifs is 1. The van der Waals surface area contributed by atoms with Crippen LogP contribution >= 0.6 is 0 Å². The molecule has 4 heterocycles. The fraction of sp³-hybridized carbons (Fsp3) is 0.690. The Kier molecular flexibility index (Phi) is 8.01. The molecule has 10 nitrogen and oxygen atoms in total. The molecule has 0 radical (unpaired) electrons. The Bertz CT molecular complexity index is 1060. The first-order chi connectivity index (χ1) is 18.7. The van der Waals surface area contributed by atoms with Crippen LogP contribution in [0.25, 0.3) is 0 Å². The van der Waals surface area contributed by atoms with E-state index in [0.717, 1.165) is 13.1 Å². The summed E-state index contributed by atoms with van der Waals surface area (Å²) < 4.78 is 12.1. The number of hydrogen-bond acceptors (Lipinski definition) is 7. The van der Waals surface area contributed by atoms with E-state index in [1.807, 2.05) is 51.1 Å². The van der Waals surface area contributed by atoms with E-state index >= 15 is 0 Å². The Balaban J connectivity index is 1.43. The Morgan fingerprint density at radius 1 is 1.13 bits per heavy atom. The van der Waals surface area contributed by atoms with Gasteiger partial charge in [-0.25, -0.2) is 0 Å². The second-order valence-corrected chi connectivity index (χ2v) is 12.0. The maximum atomic E-state index is 14.3. The van der Waals surface area contributed by atoms with Gasteiger partial charge in [-0.15, -0.1) is 0 Å². The van der Waals surface area contributed by atoms with Gasteiger partial charge in [-0.1, -0.05) is 32.0 Å². The number of rotatable bonds is 10. The minimum Gasteiger partial charge on any atom is -0.394 e. The van der Waals surface area contributed by atoms with Crippen LogP contribution in [0.15, 0.2) is 30.3 Å². The summed E-state index contributed by atoms with van der Waals surface area (Å²) in [5, 5.41) is 16.4. The lowest BCUT2D eigenvalue weighted by Gasteiger charge is -2.37. The molecule has 10 heteroatoms. The van der Waals surface area contributed by atoms with Crippen LogP contribution in [0, 0.1) is 17.8 Å². The van der Waals surface area contributed by atoms with E-state index in [4.69, 9.17) is 9.47 Å². The molecule has 1 spiro atoms. The number of aliphatic hydroxyl groups is 1. The largest absolute Gasteiger partial charge is 0.394 e. The van der Waals surface area contributed by atoms with Crippen molar-refractivity contribution >= 4 is 23.4 Å². The average molecular weight is 543 g/mol. The number of aliphatic hydroxyl groups excluding tert-OH is 1. The molecule has 3 amide bonds. The topological polar surface area (TPSA) is 120 Å². The molecular weight excluding hydrogens is 500 g/mol. The van der Waals surface area contributed by atoms with Crippen LogP contribution in [0.2, 0.25) is 0 Å². The molecule has 6 atom stereocenters. The van der Waals surface area contributed by atoms with Gasteiger partial charge in [-0.05, 0) is 44.2 Å². The van der Waals surface area contributed by atoms with E-state index in [2.05, 4.69) is 15.5 Å². The Hall–Kier alpha value is -2.53. The van der Waals surface area contributed by atoms with E-state index in [1.54, 1.807) is 4.90 Å². The van der Waals surface area contributed by atoms with E-state index in [1.165, 1.54) is 0 Å². The molecule has 5 rings (SSSR count). The summed E-state index contributed by atoms with van der Waals surface area (Å²) in [5.41, 5.74) is -1.32. The van der Waals surface area contributed by atoms with Crippen molar-refractivity contribution < 1.29 is 29.0 Å². The lowest BCUT2D eigenvalue weighted by molar-refractivity contribution is -0.149. The first-order valence-corrected chi connectivity index (χ1v) is 14.3. The lowest BCUT2D eigenvalue weighted by Crippen LogP contribution is -2.58. The second kappa shape index (κ2) is 11.2. The normalized spacial score (nSPS) is 32.9. The molecule has 39 heavy (non-hydrogen) atoms. The zero-order valence-electron chi connectivity index (χ0n) is 23.2. The van der Waals surface area contributed by atoms with Gasteiger partial charge in [0.2, 0.25) is 17.7 Å². The Morgan fingerprint density at radius 2 is 1.85 bits per heavy atom. The number of para-hydroxylation sites is 1. The molecule has 4 fully saturated rings. The number of morpholine rings is 1. The zero-order valence-corrected chi connectivity index (χ0v) is 23.2. The fourth-order valence-corrected chi connectivity index (χ4v) is 7.28. The van der Waals surface area contributed by atoms with Gasteiger partial charge in [-0.3, -0.25) is 19.3 Å². The van der Waals surface area contributed by atoms with Crippen LogP contribution in [0.5, 0.6) is 0 Å². The van der Waals surface area contributed by atoms with Crippen molar-refractivity contribution in [3.63, 3.8) is 0 Å². The molecule has 214 valence electrons. The molecule has 2 bridgehead atoms. The van der Waals surface area contributed by atoms with Gasteiger partial charge in [0.25, 0.3) is 0 Å². The van der Waals surface area contributed by atoms with Crippen LogP contribution in [0.1, 0.15) is 40.0 Å². The summed E-state index contributed by atoms with van der Waals surface area (Å²) in [6.07, 6.45) is 1.62. The zero-order chi connectivity index (χ0) is 27.8. The number of amides is 3. The van der Waals surface area contributed by atoms with Crippen molar-refractivity contribution in [2.24, 2.45) is 17.8 Å². The minimum absolute atomic E-state index is 0.199. The van der Waals surface area contributed by atoms with Crippen LogP contribution in [0.3, 0.4) is 0 Å². The number of carbonyl (C=O) groups excluding carboxylic acids is 3. The van der Waals surface area contributed by atoms with Crippen molar-refractivity contribution in [1.29, 1.82) is 0 Å². The predicted molar refractivity (Wildman–Crippen MR) is 145 cm³/mol. The summed E-state index contributed by atoms with van der Waals surface area (Å²) in [6.45, 7) is 9.78. The highest BCUT2D eigenvalue weighted by atomic mass is 16.5. The molecule has 0 saturated carbocycles. The van der Waals surface area contributed by atoms with E-state index < -0.39 is 35.1 Å². The number of ether oxygens (including phenoxy) is 2. The van der Waals surface area contributed by atoms with Gasteiger partial charge in [0.1, 0.15) is 11.6 Å². The van der Waals surface area contributed by atoms with Crippen molar-refractivity contribution in [2.75, 3.05) is 51.3 Å². The van der Waals surface area contributed by atoms with Crippen LogP contribution < -0.4 is 10.6 Å². The van der Waals surface area contributed by atoms with Crippen LogP contribution in [-0.4, -0.2) is 102 Å². The van der Waals surface area contributed by atoms with E-state index in [0.29, 0.717) is 51.3 Å². The van der Waals surface area contributed by atoms with Gasteiger partial charge in [0, 0.05) is 31.9 Å². The quantitative estimate of drug-likeness (QED) is 0.407. The average Bonchev–Trinajstić information content (AvgIpc) is 3.49. The van der Waals surface area contributed by atoms with E-state index in [9.17, 15) is 19.5 Å². The number of likely N-dealkylation sites (tertiary alicyclic amines) is 1. The molecule has 0 aromatic heterocycles. The highest BCUT2D eigenvalue weighted by Gasteiger charge is 2.78. The number of benzene rings is 1. The first kappa shape index (κ1) is 28.0. The predicted octanol–water partition coefficient (Wildman–Crippen LogP) is 1.25. The van der Waals surface area contributed by atoms with Gasteiger partial charge in [-0.2, -0.15) is 0 Å². The van der Waals surface area contributed by atoms with Gasteiger partial charge in [0.05, 0.1) is 43.3 Å². The van der Waals surface area contributed by atoms with Crippen molar-refractivity contribution in [3.8, 4) is 0 Å². The van der Waals surface area contributed by atoms with Gasteiger partial charge >= 0.3 is 0 Å². The number of anilines is 1. The molecule has 4 aliphatic heterocycles. The maximum absolute atomic E-state index is 14.3. The Morgan fingerprint density at radius 3 is 2.51 bits per heavy atom. The summed E-state index contributed by atoms with van der Waals surface area (Å²) in [4.78, 5) is 45.7. The molecule has 4 saturated heterocycles. The third-order valence-electron chi connectivity index (χ3n) is 8.97. The second-order valence-electron chi connectivity index (χ2n) is 12.0. The molecule has 0 aliphatic carbocycles. The van der Waals surface area contributed by atoms with Crippen LogP contribution in [0.4, 0.5) is 5.69 Å². The molecular formula is C29H42N4O6. The summed E-state index contributed by atoms with van der Waals surface area (Å²) in [7, 11) is 0. The number of nitrogens with one attached hydrogen (secondary N) is 2. The smallest absolute Gasteiger partial charge is 0.245 e. The first-order valence-electron chi connectivity index (χ1n) is 14.3. The van der Waals surface area contributed by atoms with Gasteiger partial charge in [0.15, 0.2) is 0 Å². The molecule has 4 aliphatic rings. The number of nitrogens with zero attached hydrogens (tertiary/aromatic N) is 2. The molecule has 1 aromatic rings. The Labute approximate surface area is 230 Å². The SMILES string of the molecule is CC(C)C[C@H](CO)N1C(=O)[C@@H]2[C@H](C(=O)Nc3ccccc3)[C@]3(C)CCC2(O3)C1C(=O)NCCN1CCOCC1. The van der Waals surface area contributed by atoms with E-state index in [-0.39, 0.29) is 30.2 Å². The third-order valence-corrected chi connectivity index (χ3v) is 8.97. The monoisotopic (exact) mass is 542 g/mol. The summed E-state index contributed by atoms with van der Waals surface area (Å²) in [6, 6.07) is 7.72. The standard InChI is InChI=1S/C29H42N4O6/c1-19(2)17-21(18-34)33-24(26(36)30-11-12-32-13-15-38-16-14-32)29-10-9-28(3,39-29)22(23(29)27(33)37)25(35)31-20-7-5-4-6-8-20/h4-8,19,21-24,34H,9-18H2,1-3H3,(H,30,36)(H,31,35)/t21-,22-,23+,24?,28+,29?/m1/s1. The highest BCUT2D eigenvalue weighted by molar-refractivity contribution is 6.02. The summed E-state index contributed by atoms with van der Waals surface area (Å²) >= 11 is 0. The van der Waals surface area contributed by atoms with Crippen molar-refractivity contribution in [1.82, 2.24) is 15.1 Å². The number of hydrogen-bond donors (Lipinski definition) is 3. The van der Waals surface area contributed by atoms with Crippen molar-refractivity contribution in [2.45, 2.75) is 63.3 Å².